The number of hydrogen-bond acceptors (Lipinski definition) is 3. The van der Waals surface area contributed by atoms with Crippen LogP contribution in [0.2, 0.25) is 0 Å². The van der Waals surface area contributed by atoms with E-state index in [1.54, 1.807) is 0 Å². The highest BCUT2D eigenvalue weighted by Crippen LogP contribution is 2.52. The molecule has 23 heavy (non-hydrogen) atoms. The van der Waals surface area contributed by atoms with Crippen molar-refractivity contribution in [3.05, 3.63) is 35.9 Å². The smallest absolute Gasteiger partial charge is 0.231 e. The first kappa shape index (κ1) is 16.5. The van der Waals surface area contributed by atoms with E-state index in [9.17, 15) is 4.79 Å². The largest absolute Gasteiger partial charge is 0.369 e. The van der Waals surface area contributed by atoms with Crippen LogP contribution in [0.25, 0.3) is 0 Å². The van der Waals surface area contributed by atoms with Gasteiger partial charge in [0.2, 0.25) is 5.91 Å². The number of rotatable bonds is 5. The van der Waals surface area contributed by atoms with Crippen LogP contribution < -0.4 is 11.1 Å². The van der Waals surface area contributed by atoms with Crippen LogP contribution in [0.4, 0.5) is 0 Å². The topological polar surface area (TPSA) is 58.4 Å². The van der Waals surface area contributed by atoms with Crippen molar-refractivity contribution in [1.82, 2.24) is 10.2 Å². The number of carbonyl (C=O) groups excluding carboxylic acids is 1. The summed E-state index contributed by atoms with van der Waals surface area (Å²) in [4.78, 5) is 13.2. The molecule has 0 aromatic heterocycles. The predicted octanol–water partition coefficient (Wildman–Crippen LogP) is 2.11. The minimum atomic E-state index is -0.220. The van der Waals surface area contributed by atoms with Crippen molar-refractivity contribution in [3.63, 3.8) is 0 Å². The molecule has 1 aromatic carbocycles. The summed E-state index contributed by atoms with van der Waals surface area (Å²) in [5.41, 5.74) is 7.04. The molecule has 0 spiro atoms. The van der Waals surface area contributed by atoms with Crippen molar-refractivity contribution in [2.75, 3.05) is 19.6 Å². The summed E-state index contributed by atoms with van der Waals surface area (Å²) in [6.45, 7) is 7.10. The molecule has 0 bridgehead atoms. The normalized spacial score (nSPS) is 28.3. The van der Waals surface area contributed by atoms with Crippen molar-refractivity contribution in [2.45, 2.75) is 51.1 Å². The number of nitrogens with one attached hydrogen (secondary N) is 1. The number of benzene rings is 1. The van der Waals surface area contributed by atoms with Crippen molar-refractivity contribution in [2.24, 2.45) is 11.1 Å². The van der Waals surface area contributed by atoms with E-state index in [-0.39, 0.29) is 5.91 Å². The third-order valence-electron chi connectivity index (χ3n) is 5.87. The minimum absolute atomic E-state index is 0.220. The number of nitrogens with two attached hydrogens (primary N) is 1. The highest BCUT2D eigenvalue weighted by atomic mass is 16.1. The van der Waals surface area contributed by atoms with Gasteiger partial charge in [0.05, 0.1) is 6.54 Å². The van der Waals surface area contributed by atoms with Crippen LogP contribution in [0.1, 0.15) is 44.6 Å². The third-order valence-corrected chi connectivity index (χ3v) is 5.87. The zero-order chi connectivity index (χ0) is 16.4. The maximum atomic E-state index is 11.0. The Hall–Kier alpha value is -1.39. The number of likely N-dealkylation sites (tertiary alicyclic amines) is 1. The van der Waals surface area contributed by atoms with Gasteiger partial charge in [-0.15, -0.1) is 0 Å². The van der Waals surface area contributed by atoms with Gasteiger partial charge in [0.25, 0.3) is 0 Å². The average Bonchev–Trinajstić information content (AvgIpc) is 2.53. The van der Waals surface area contributed by atoms with Gasteiger partial charge in [0.1, 0.15) is 0 Å². The van der Waals surface area contributed by atoms with Gasteiger partial charge in [-0.05, 0) is 36.2 Å². The predicted molar refractivity (Wildman–Crippen MR) is 93.2 cm³/mol. The summed E-state index contributed by atoms with van der Waals surface area (Å²) in [6.07, 6.45) is 3.43. The fourth-order valence-electron chi connectivity index (χ4n) is 4.22. The van der Waals surface area contributed by atoms with E-state index in [1.165, 1.54) is 12.0 Å². The van der Waals surface area contributed by atoms with Crippen molar-refractivity contribution >= 4 is 5.91 Å². The molecule has 2 fully saturated rings. The van der Waals surface area contributed by atoms with E-state index in [4.69, 9.17) is 5.73 Å². The SMILES string of the molecule is CC1(C)C(NC2CCN(CC(N)=O)CC2)CC1c1ccccc1. The summed E-state index contributed by atoms with van der Waals surface area (Å²) in [7, 11) is 0. The molecular formula is C19H29N3O. The summed E-state index contributed by atoms with van der Waals surface area (Å²) in [5, 5.41) is 3.88. The molecule has 2 atom stereocenters. The van der Waals surface area contributed by atoms with E-state index >= 15 is 0 Å². The zero-order valence-electron chi connectivity index (χ0n) is 14.3. The van der Waals surface area contributed by atoms with Gasteiger partial charge in [-0.25, -0.2) is 0 Å². The number of carbonyl (C=O) groups is 1. The Kier molecular flexibility index (Phi) is 4.74. The van der Waals surface area contributed by atoms with Gasteiger partial charge >= 0.3 is 0 Å². The lowest BCUT2D eigenvalue weighted by Gasteiger charge is -2.54. The van der Waals surface area contributed by atoms with Crippen LogP contribution in [0.3, 0.4) is 0 Å². The lowest BCUT2D eigenvalue weighted by atomic mass is 9.56. The van der Waals surface area contributed by atoms with E-state index in [0.29, 0.717) is 30.0 Å². The Balaban J connectivity index is 1.50. The van der Waals surface area contributed by atoms with E-state index < -0.39 is 0 Å². The Morgan fingerprint density at radius 2 is 1.91 bits per heavy atom. The van der Waals surface area contributed by atoms with Gasteiger partial charge < -0.3 is 11.1 Å². The highest BCUT2D eigenvalue weighted by Gasteiger charge is 2.49. The van der Waals surface area contributed by atoms with Crippen LogP contribution in [0.5, 0.6) is 0 Å². The first-order chi connectivity index (χ1) is 11.0. The van der Waals surface area contributed by atoms with E-state index in [1.807, 2.05) is 0 Å². The lowest BCUT2D eigenvalue weighted by molar-refractivity contribution is -0.119. The highest BCUT2D eigenvalue weighted by molar-refractivity contribution is 5.75. The molecule has 3 N–H and O–H groups in total. The third kappa shape index (κ3) is 3.59. The van der Waals surface area contributed by atoms with E-state index in [0.717, 1.165) is 25.9 Å². The molecule has 4 heteroatoms. The second-order valence-corrected chi connectivity index (χ2v) is 7.76. The molecule has 1 aliphatic heterocycles. The molecule has 1 heterocycles. The number of nitrogens with zero attached hydrogens (tertiary/aromatic N) is 1. The van der Waals surface area contributed by atoms with Gasteiger partial charge in [-0.2, -0.15) is 0 Å². The van der Waals surface area contributed by atoms with Crippen molar-refractivity contribution in [3.8, 4) is 0 Å². The van der Waals surface area contributed by atoms with Gasteiger partial charge in [0.15, 0.2) is 0 Å². The Morgan fingerprint density at radius 1 is 1.26 bits per heavy atom. The average molecular weight is 315 g/mol. The molecule has 1 saturated carbocycles. The van der Waals surface area contributed by atoms with Crippen LogP contribution in [-0.4, -0.2) is 42.5 Å². The lowest BCUT2D eigenvalue weighted by Crippen LogP contribution is -2.59. The van der Waals surface area contributed by atoms with Crippen molar-refractivity contribution < 1.29 is 4.79 Å². The molecule has 126 valence electrons. The number of hydrogen-bond donors (Lipinski definition) is 2. The standard InChI is InChI=1S/C19H29N3O/c1-19(2)16(14-6-4-3-5-7-14)12-17(19)21-15-8-10-22(11-9-15)13-18(20)23/h3-7,15-17,21H,8-13H2,1-2H3,(H2,20,23). The fraction of sp³-hybridized carbons (Fsp3) is 0.632. The molecule has 2 aliphatic rings. The Bertz CT molecular complexity index is 535. The van der Waals surface area contributed by atoms with E-state index in [2.05, 4.69) is 54.4 Å². The monoisotopic (exact) mass is 315 g/mol. The Morgan fingerprint density at radius 3 is 2.48 bits per heavy atom. The molecule has 2 unspecified atom stereocenters. The summed E-state index contributed by atoms with van der Waals surface area (Å²) in [5.74, 6) is 0.429. The molecule has 0 radical (unpaired) electrons. The fourth-order valence-corrected chi connectivity index (χ4v) is 4.22. The van der Waals surface area contributed by atoms with Gasteiger partial charge in [-0.1, -0.05) is 44.2 Å². The maximum Gasteiger partial charge on any atom is 0.231 e. The Labute approximate surface area is 139 Å². The summed E-state index contributed by atoms with van der Waals surface area (Å²) in [6, 6.07) is 12.0. The molecule has 1 amide bonds. The number of primary amides is 1. The molecule has 3 rings (SSSR count). The number of amides is 1. The second kappa shape index (κ2) is 6.62. The minimum Gasteiger partial charge on any atom is -0.369 e. The summed E-state index contributed by atoms with van der Waals surface area (Å²) >= 11 is 0. The zero-order valence-corrected chi connectivity index (χ0v) is 14.3. The number of piperidine rings is 1. The first-order valence-electron chi connectivity index (χ1n) is 8.78. The second-order valence-electron chi connectivity index (χ2n) is 7.76. The van der Waals surface area contributed by atoms with Crippen LogP contribution in [0, 0.1) is 5.41 Å². The molecular weight excluding hydrogens is 286 g/mol. The molecule has 1 saturated heterocycles. The van der Waals surface area contributed by atoms with Crippen LogP contribution in [-0.2, 0) is 4.79 Å². The van der Waals surface area contributed by atoms with Crippen molar-refractivity contribution in [1.29, 1.82) is 0 Å². The van der Waals surface area contributed by atoms with Crippen LogP contribution >= 0.6 is 0 Å². The summed E-state index contributed by atoms with van der Waals surface area (Å²) < 4.78 is 0. The first-order valence-corrected chi connectivity index (χ1v) is 8.78. The quantitative estimate of drug-likeness (QED) is 0.875. The van der Waals surface area contributed by atoms with Gasteiger partial charge in [0, 0.05) is 25.2 Å². The maximum absolute atomic E-state index is 11.0. The molecule has 1 aliphatic carbocycles. The van der Waals surface area contributed by atoms with Crippen LogP contribution in [0.15, 0.2) is 30.3 Å². The van der Waals surface area contributed by atoms with Gasteiger partial charge in [-0.3, -0.25) is 9.69 Å². The molecule has 4 nitrogen and oxygen atoms in total. The molecule has 1 aromatic rings.